The Balaban J connectivity index is 1.80. The molecule has 5 heteroatoms. The first-order valence-corrected chi connectivity index (χ1v) is 6.16. The number of nitrogens with zero attached hydrogens (tertiary/aromatic N) is 1. The number of nitrogens with one attached hydrogen (secondary N) is 2. The highest BCUT2D eigenvalue weighted by atomic mass is 16.5. The van der Waals surface area contributed by atoms with Crippen molar-refractivity contribution in [2.45, 2.75) is 19.9 Å². The predicted molar refractivity (Wildman–Crippen MR) is 72.7 cm³/mol. The lowest BCUT2D eigenvalue weighted by Crippen LogP contribution is -2.30. The van der Waals surface area contributed by atoms with Crippen LogP contribution < -0.4 is 10.6 Å². The van der Waals surface area contributed by atoms with Gasteiger partial charge in [0.05, 0.1) is 6.54 Å². The molecule has 0 aliphatic rings. The molecule has 0 radical (unpaired) electrons. The second-order valence-corrected chi connectivity index (χ2v) is 4.38. The van der Waals surface area contributed by atoms with Crippen LogP contribution in [0, 0.1) is 6.92 Å². The van der Waals surface area contributed by atoms with E-state index >= 15 is 0 Å². The molecule has 100 valence electrons. The number of anilines is 1. The number of rotatable bonds is 5. The van der Waals surface area contributed by atoms with Crippen molar-refractivity contribution in [3.05, 3.63) is 47.7 Å². The van der Waals surface area contributed by atoms with Crippen LogP contribution in [-0.2, 0) is 4.79 Å². The highest BCUT2D eigenvalue weighted by molar-refractivity contribution is 5.91. The van der Waals surface area contributed by atoms with Crippen LogP contribution >= 0.6 is 0 Å². The average Bonchev–Trinajstić information content (AvgIpc) is 2.82. The van der Waals surface area contributed by atoms with Gasteiger partial charge in [-0.25, -0.2) is 0 Å². The zero-order valence-corrected chi connectivity index (χ0v) is 11.0. The first kappa shape index (κ1) is 13.3. The lowest BCUT2D eigenvalue weighted by atomic mass is 10.1. The number of benzene rings is 1. The maximum atomic E-state index is 11.7. The van der Waals surface area contributed by atoms with Crippen LogP contribution in [-0.4, -0.2) is 17.6 Å². The third kappa shape index (κ3) is 3.93. The number of hydrogen-bond acceptors (Lipinski definition) is 4. The molecule has 2 rings (SSSR count). The molecular formula is C14H17N3O2. The van der Waals surface area contributed by atoms with Crippen LogP contribution in [0.25, 0.3) is 0 Å². The van der Waals surface area contributed by atoms with Gasteiger partial charge >= 0.3 is 0 Å². The van der Waals surface area contributed by atoms with Crippen LogP contribution in [0.15, 0.2) is 40.9 Å². The average molecular weight is 259 g/mol. The van der Waals surface area contributed by atoms with Gasteiger partial charge in [0.25, 0.3) is 0 Å². The fourth-order valence-electron chi connectivity index (χ4n) is 1.72. The molecule has 1 amide bonds. The fourth-order valence-corrected chi connectivity index (χ4v) is 1.72. The summed E-state index contributed by atoms with van der Waals surface area (Å²) in [6, 6.07) is 11.8. The normalized spacial score (nSPS) is 12.1. The molecule has 1 heterocycles. The van der Waals surface area contributed by atoms with E-state index in [1.54, 1.807) is 13.0 Å². The van der Waals surface area contributed by atoms with Crippen molar-refractivity contribution in [1.29, 1.82) is 0 Å². The van der Waals surface area contributed by atoms with Gasteiger partial charge in [0.15, 0.2) is 5.82 Å². The summed E-state index contributed by atoms with van der Waals surface area (Å²) in [5.41, 5.74) is 1.15. The topological polar surface area (TPSA) is 67.2 Å². The van der Waals surface area contributed by atoms with E-state index < -0.39 is 0 Å². The first-order valence-electron chi connectivity index (χ1n) is 6.16. The number of carbonyl (C=O) groups excluding carboxylic acids is 1. The predicted octanol–water partition coefficient (Wildman–Crippen LogP) is 2.27. The van der Waals surface area contributed by atoms with Gasteiger partial charge in [0.1, 0.15) is 5.76 Å². The van der Waals surface area contributed by atoms with Crippen molar-refractivity contribution in [2.24, 2.45) is 0 Å². The Bertz CT molecular complexity index is 537. The molecule has 1 aromatic carbocycles. The maximum absolute atomic E-state index is 11.7. The molecule has 0 saturated heterocycles. The monoisotopic (exact) mass is 259 g/mol. The zero-order chi connectivity index (χ0) is 13.7. The van der Waals surface area contributed by atoms with Crippen LogP contribution in [0.3, 0.4) is 0 Å². The van der Waals surface area contributed by atoms with E-state index in [9.17, 15) is 4.79 Å². The summed E-state index contributed by atoms with van der Waals surface area (Å²) in [7, 11) is 0. The van der Waals surface area contributed by atoms with Crippen molar-refractivity contribution in [1.82, 2.24) is 10.5 Å². The molecule has 1 aromatic heterocycles. The Kier molecular flexibility index (Phi) is 4.30. The van der Waals surface area contributed by atoms with Gasteiger partial charge in [-0.05, 0) is 19.4 Å². The van der Waals surface area contributed by atoms with Crippen molar-refractivity contribution in [3.63, 3.8) is 0 Å². The molecule has 0 spiro atoms. The summed E-state index contributed by atoms with van der Waals surface area (Å²) < 4.78 is 4.88. The van der Waals surface area contributed by atoms with E-state index in [1.165, 1.54) is 0 Å². The Morgan fingerprint density at radius 2 is 2.11 bits per heavy atom. The van der Waals surface area contributed by atoms with E-state index in [0.717, 1.165) is 5.56 Å². The summed E-state index contributed by atoms with van der Waals surface area (Å²) in [5.74, 6) is 0.966. The number of hydrogen-bond donors (Lipinski definition) is 2. The van der Waals surface area contributed by atoms with Gasteiger partial charge in [0, 0.05) is 12.1 Å². The van der Waals surface area contributed by atoms with Gasteiger partial charge in [-0.2, -0.15) is 0 Å². The van der Waals surface area contributed by atoms with E-state index in [2.05, 4.69) is 15.8 Å². The van der Waals surface area contributed by atoms with Crippen molar-refractivity contribution < 1.29 is 9.32 Å². The third-order valence-corrected chi connectivity index (χ3v) is 2.76. The minimum atomic E-state index is -0.143. The summed E-state index contributed by atoms with van der Waals surface area (Å²) in [5, 5.41) is 9.52. The molecule has 0 aliphatic heterocycles. The standard InChI is InChI=1S/C14H17N3O2/c1-10-8-13(17-19-10)16-14(18)9-15-11(2)12-6-4-3-5-7-12/h3-8,11,15H,9H2,1-2H3,(H,16,17,18). The molecule has 1 unspecified atom stereocenters. The lowest BCUT2D eigenvalue weighted by molar-refractivity contribution is -0.115. The van der Waals surface area contributed by atoms with Crippen LogP contribution in [0.5, 0.6) is 0 Å². The molecule has 2 N–H and O–H groups in total. The van der Waals surface area contributed by atoms with Crippen molar-refractivity contribution >= 4 is 11.7 Å². The zero-order valence-electron chi connectivity index (χ0n) is 11.0. The quantitative estimate of drug-likeness (QED) is 0.864. The number of aryl methyl sites for hydroxylation is 1. The number of aromatic nitrogens is 1. The molecule has 0 aliphatic carbocycles. The van der Waals surface area contributed by atoms with Gasteiger partial charge in [0.2, 0.25) is 5.91 Å². The smallest absolute Gasteiger partial charge is 0.239 e. The Morgan fingerprint density at radius 1 is 1.37 bits per heavy atom. The summed E-state index contributed by atoms with van der Waals surface area (Å²) >= 11 is 0. The maximum Gasteiger partial charge on any atom is 0.239 e. The molecular weight excluding hydrogens is 242 g/mol. The van der Waals surface area contributed by atoms with E-state index in [-0.39, 0.29) is 18.5 Å². The minimum Gasteiger partial charge on any atom is -0.360 e. The number of carbonyl (C=O) groups is 1. The van der Waals surface area contributed by atoms with Crippen LogP contribution in [0.1, 0.15) is 24.3 Å². The summed E-state index contributed by atoms with van der Waals surface area (Å²) in [4.78, 5) is 11.7. The highest BCUT2D eigenvalue weighted by Crippen LogP contribution is 2.11. The third-order valence-electron chi connectivity index (χ3n) is 2.76. The molecule has 0 saturated carbocycles. The van der Waals surface area contributed by atoms with Gasteiger partial charge in [-0.15, -0.1) is 0 Å². The van der Waals surface area contributed by atoms with E-state index in [1.807, 2.05) is 37.3 Å². The second-order valence-electron chi connectivity index (χ2n) is 4.38. The second kappa shape index (κ2) is 6.15. The number of amides is 1. The van der Waals surface area contributed by atoms with Crippen LogP contribution in [0.2, 0.25) is 0 Å². The van der Waals surface area contributed by atoms with Crippen LogP contribution in [0.4, 0.5) is 5.82 Å². The van der Waals surface area contributed by atoms with Gasteiger partial charge < -0.3 is 15.2 Å². The molecule has 0 bridgehead atoms. The lowest BCUT2D eigenvalue weighted by Gasteiger charge is -2.13. The largest absolute Gasteiger partial charge is 0.360 e. The molecule has 5 nitrogen and oxygen atoms in total. The van der Waals surface area contributed by atoms with Crippen molar-refractivity contribution in [3.8, 4) is 0 Å². The Morgan fingerprint density at radius 3 is 2.74 bits per heavy atom. The molecule has 2 aromatic rings. The summed E-state index contributed by atoms with van der Waals surface area (Å²) in [6.07, 6.45) is 0. The molecule has 0 fully saturated rings. The first-order chi connectivity index (χ1) is 9.15. The van der Waals surface area contributed by atoms with E-state index in [4.69, 9.17) is 4.52 Å². The summed E-state index contributed by atoms with van der Waals surface area (Å²) in [6.45, 7) is 4.02. The van der Waals surface area contributed by atoms with E-state index in [0.29, 0.717) is 11.6 Å². The highest BCUT2D eigenvalue weighted by Gasteiger charge is 2.09. The Hall–Kier alpha value is -2.14. The van der Waals surface area contributed by atoms with Crippen molar-refractivity contribution in [2.75, 3.05) is 11.9 Å². The fraction of sp³-hybridized carbons (Fsp3) is 0.286. The Labute approximate surface area is 112 Å². The minimum absolute atomic E-state index is 0.117. The molecule has 19 heavy (non-hydrogen) atoms. The molecule has 1 atom stereocenters. The SMILES string of the molecule is Cc1cc(NC(=O)CNC(C)c2ccccc2)no1. The van der Waals surface area contributed by atoms with Gasteiger partial charge in [-0.1, -0.05) is 35.5 Å². The van der Waals surface area contributed by atoms with Gasteiger partial charge in [-0.3, -0.25) is 4.79 Å².